The van der Waals surface area contributed by atoms with Crippen molar-refractivity contribution in [3.05, 3.63) is 71.6 Å². The van der Waals surface area contributed by atoms with Crippen molar-refractivity contribution in [3.63, 3.8) is 0 Å². The van der Waals surface area contributed by atoms with Gasteiger partial charge in [-0.05, 0) is 48.0 Å². The van der Waals surface area contributed by atoms with Gasteiger partial charge in [-0.25, -0.2) is 13.4 Å². The first-order chi connectivity index (χ1) is 19.4. The number of pyridine rings is 1. The number of nitrogens with zero attached hydrogens (tertiary/aromatic N) is 3. The van der Waals surface area contributed by atoms with E-state index < -0.39 is 27.7 Å². The van der Waals surface area contributed by atoms with Crippen LogP contribution in [-0.4, -0.2) is 38.7 Å². The molecule has 15 heteroatoms. The highest BCUT2D eigenvalue weighted by atomic mass is 35.5. The van der Waals surface area contributed by atoms with E-state index in [2.05, 4.69) is 19.4 Å². The number of alkyl halides is 3. The van der Waals surface area contributed by atoms with E-state index in [1.807, 2.05) is 0 Å². The number of sulfonamides is 1. The number of ether oxygens (including phenoxy) is 2. The number of anilines is 3. The second-order valence-electron chi connectivity index (χ2n) is 8.38. The van der Waals surface area contributed by atoms with Gasteiger partial charge >= 0.3 is 6.18 Å². The summed E-state index contributed by atoms with van der Waals surface area (Å²) >= 11 is 6.55. The van der Waals surface area contributed by atoms with Gasteiger partial charge in [0.2, 0.25) is 5.91 Å². The summed E-state index contributed by atoms with van der Waals surface area (Å²) < 4.78 is 83.3. The maximum Gasteiger partial charge on any atom is 0.416 e. The summed E-state index contributed by atoms with van der Waals surface area (Å²) in [6, 6.07) is 9.78. The molecule has 0 atom stereocenters. The fraction of sp³-hybridized carbons (Fsp3) is 0.192. The number of hydrogen-bond acceptors (Lipinski definition) is 8. The van der Waals surface area contributed by atoms with Gasteiger partial charge in [-0.2, -0.15) is 13.2 Å². The molecule has 4 rings (SSSR count). The van der Waals surface area contributed by atoms with Crippen molar-refractivity contribution in [2.75, 3.05) is 23.8 Å². The minimum Gasteiger partial charge on any atom is -0.497 e. The van der Waals surface area contributed by atoms with E-state index in [0.717, 1.165) is 18.3 Å². The number of aromatic nitrogens is 2. The van der Waals surface area contributed by atoms with Gasteiger partial charge in [-0.3, -0.25) is 14.4 Å². The summed E-state index contributed by atoms with van der Waals surface area (Å²) in [7, 11) is -1.51. The second kappa shape index (κ2) is 11.7. The Morgan fingerprint density at radius 3 is 2.41 bits per heavy atom. The number of nitrogens with one attached hydrogen (secondary N) is 1. The summed E-state index contributed by atoms with van der Waals surface area (Å²) in [5.74, 6) is -0.380. The second-order valence-corrected chi connectivity index (χ2v) is 10.5. The molecular weight excluding hydrogens is 589 g/mol. The van der Waals surface area contributed by atoms with Gasteiger partial charge < -0.3 is 14.0 Å². The number of methoxy groups -OCH3 is 2. The van der Waals surface area contributed by atoms with Gasteiger partial charge in [-0.1, -0.05) is 23.7 Å². The molecule has 0 aliphatic carbocycles. The van der Waals surface area contributed by atoms with Crippen molar-refractivity contribution in [2.24, 2.45) is 0 Å². The van der Waals surface area contributed by atoms with E-state index >= 15 is 0 Å². The smallest absolute Gasteiger partial charge is 0.416 e. The number of benzene rings is 2. The first kappa shape index (κ1) is 29.7. The van der Waals surface area contributed by atoms with Crippen LogP contribution in [-0.2, 0) is 21.0 Å². The highest BCUT2D eigenvalue weighted by Gasteiger charge is 2.32. The molecule has 1 amide bonds. The standard InChI is InChI=1S/C26H22ClF3N4O6S/c1-4-25(35)34(24-6-5-18(14-31-24)41(36,37)33-23-7-8-40-32-23)21-13-20(27)19(12-22(21)39-3)15-9-16(26(28,29)30)11-17(10-15)38-2/h5-14H,4H2,1-3H3,(H,32,33). The van der Waals surface area contributed by atoms with E-state index in [4.69, 9.17) is 21.1 Å². The fourth-order valence-electron chi connectivity index (χ4n) is 3.81. The van der Waals surface area contributed by atoms with Crippen molar-refractivity contribution in [3.8, 4) is 22.6 Å². The van der Waals surface area contributed by atoms with Crippen LogP contribution in [0.3, 0.4) is 0 Å². The van der Waals surface area contributed by atoms with Crippen LogP contribution in [0.5, 0.6) is 11.5 Å². The van der Waals surface area contributed by atoms with Crippen molar-refractivity contribution in [2.45, 2.75) is 24.4 Å². The predicted molar refractivity (Wildman–Crippen MR) is 144 cm³/mol. The zero-order valence-electron chi connectivity index (χ0n) is 21.7. The summed E-state index contributed by atoms with van der Waals surface area (Å²) in [6.45, 7) is 1.60. The molecule has 41 heavy (non-hydrogen) atoms. The Kier molecular flexibility index (Phi) is 8.44. The molecule has 0 unspecified atom stereocenters. The number of hydrogen-bond donors (Lipinski definition) is 1. The van der Waals surface area contributed by atoms with E-state index in [-0.39, 0.29) is 56.3 Å². The predicted octanol–water partition coefficient (Wildman–Crippen LogP) is 6.30. The molecular formula is C26H22ClF3N4O6S. The summed E-state index contributed by atoms with van der Waals surface area (Å²) in [4.78, 5) is 18.2. The SMILES string of the molecule is CCC(=O)N(c1ccc(S(=O)(=O)Nc2ccon2)cn1)c1cc(Cl)c(-c2cc(OC)cc(C(F)(F)F)c2)cc1OC. The Bertz CT molecular complexity index is 1660. The third kappa shape index (κ3) is 6.38. The Labute approximate surface area is 237 Å². The number of halogens is 4. The molecule has 0 aliphatic heterocycles. The molecule has 0 bridgehead atoms. The van der Waals surface area contributed by atoms with Gasteiger partial charge in [-0.15, -0.1) is 0 Å². The topological polar surface area (TPSA) is 124 Å². The largest absolute Gasteiger partial charge is 0.497 e. The first-order valence-electron chi connectivity index (χ1n) is 11.7. The van der Waals surface area contributed by atoms with Gasteiger partial charge in [0, 0.05) is 24.2 Å². The van der Waals surface area contributed by atoms with Crippen molar-refractivity contribution < 1.29 is 40.4 Å². The first-order valence-corrected chi connectivity index (χ1v) is 13.6. The van der Waals surface area contributed by atoms with Crippen LogP contribution < -0.4 is 19.1 Å². The molecule has 0 fully saturated rings. The van der Waals surface area contributed by atoms with Crippen LogP contribution in [0.25, 0.3) is 11.1 Å². The fourth-order valence-corrected chi connectivity index (χ4v) is 5.01. The molecule has 2 heterocycles. The lowest BCUT2D eigenvalue weighted by atomic mass is 10.0. The van der Waals surface area contributed by atoms with Gasteiger partial charge in [0.1, 0.15) is 28.5 Å². The van der Waals surface area contributed by atoms with Crippen LogP contribution in [0.15, 0.2) is 70.4 Å². The van der Waals surface area contributed by atoms with Gasteiger partial charge in [0.15, 0.2) is 5.82 Å². The average Bonchev–Trinajstić information content (AvgIpc) is 3.45. The van der Waals surface area contributed by atoms with Crippen LogP contribution in [0.2, 0.25) is 5.02 Å². The molecule has 0 saturated carbocycles. The zero-order chi connectivity index (χ0) is 29.9. The highest BCUT2D eigenvalue weighted by molar-refractivity contribution is 7.92. The number of amides is 1. The Morgan fingerprint density at radius 2 is 1.85 bits per heavy atom. The molecule has 0 radical (unpaired) electrons. The lowest BCUT2D eigenvalue weighted by molar-refractivity contribution is -0.137. The number of carbonyl (C=O) groups is 1. The average molecular weight is 611 g/mol. The minimum atomic E-state index is -4.64. The third-order valence-electron chi connectivity index (χ3n) is 5.78. The third-order valence-corrected chi connectivity index (χ3v) is 7.43. The van der Waals surface area contributed by atoms with E-state index in [0.29, 0.717) is 0 Å². The Morgan fingerprint density at radius 1 is 1.10 bits per heavy atom. The molecule has 2 aromatic carbocycles. The molecule has 10 nitrogen and oxygen atoms in total. The summed E-state index contributed by atoms with van der Waals surface area (Å²) in [5, 5.41) is 3.51. The normalized spacial score (nSPS) is 11.7. The van der Waals surface area contributed by atoms with E-state index in [1.54, 1.807) is 6.92 Å². The molecule has 0 saturated heterocycles. The molecule has 0 spiro atoms. The van der Waals surface area contributed by atoms with Crippen LogP contribution in [0, 0.1) is 0 Å². The van der Waals surface area contributed by atoms with Crippen LogP contribution in [0.1, 0.15) is 18.9 Å². The molecule has 1 N–H and O–H groups in total. The summed E-state index contributed by atoms with van der Waals surface area (Å²) in [6.07, 6.45) is -2.38. The maximum absolute atomic E-state index is 13.5. The lowest BCUT2D eigenvalue weighted by Gasteiger charge is -2.25. The van der Waals surface area contributed by atoms with Crippen molar-refractivity contribution >= 4 is 44.9 Å². The minimum absolute atomic E-state index is 0.00657. The van der Waals surface area contributed by atoms with Gasteiger partial charge in [0.05, 0.1) is 30.5 Å². The molecule has 216 valence electrons. The number of rotatable bonds is 9. The molecule has 4 aromatic rings. The summed E-state index contributed by atoms with van der Waals surface area (Å²) in [5.41, 5.74) is -0.511. The Balaban J connectivity index is 1.78. The van der Waals surface area contributed by atoms with Crippen molar-refractivity contribution in [1.82, 2.24) is 10.1 Å². The van der Waals surface area contributed by atoms with E-state index in [9.17, 15) is 26.4 Å². The van der Waals surface area contributed by atoms with Crippen molar-refractivity contribution in [1.29, 1.82) is 0 Å². The van der Waals surface area contributed by atoms with E-state index in [1.165, 1.54) is 61.8 Å². The highest BCUT2D eigenvalue weighted by Crippen LogP contribution is 2.43. The quantitative estimate of drug-likeness (QED) is 0.234. The lowest BCUT2D eigenvalue weighted by Crippen LogP contribution is -2.26. The maximum atomic E-state index is 13.5. The Hall–Kier alpha value is -4.30. The zero-order valence-corrected chi connectivity index (χ0v) is 23.3. The monoisotopic (exact) mass is 610 g/mol. The van der Waals surface area contributed by atoms with Crippen LogP contribution >= 0.6 is 11.6 Å². The van der Waals surface area contributed by atoms with Gasteiger partial charge in [0.25, 0.3) is 10.0 Å². The van der Waals surface area contributed by atoms with Crippen LogP contribution in [0.4, 0.5) is 30.5 Å². The molecule has 2 aromatic heterocycles. The molecule has 0 aliphatic rings. The number of carbonyl (C=O) groups excluding carboxylic acids is 1.